The minimum absolute atomic E-state index is 0. The molecule has 0 aromatic heterocycles. The van der Waals surface area contributed by atoms with Crippen LogP contribution in [0.3, 0.4) is 0 Å². The van der Waals surface area contributed by atoms with Gasteiger partial charge in [-0.15, -0.1) is 0 Å². The first-order valence-electron chi connectivity index (χ1n) is 0. The van der Waals surface area contributed by atoms with Crippen molar-refractivity contribution in [3.05, 3.63) is 0 Å². The average Bonchev–Trinajstić information content (AvgIpc) is 0. The summed E-state index contributed by atoms with van der Waals surface area (Å²) >= 11 is 0. The maximum Gasteiger partial charge on any atom is 3.00 e. The van der Waals surface area contributed by atoms with Crippen molar-refractivity contribution in [3.8, 4) is 0 Å². The third kappa shape index (κ3) is 18.5. The van der Waals surface area contributed by atoms with Crippen molar-refractivity contribution in [3.63, 3.8) is 0 Å². The molecule has 0 amide bonds. The van der Waals surface area contributed by atoms with Crippen LogP contribution in [-0.4, -0.2) is 0 Å². The Kier molecular flexibility index (Phi) is 199. The maximum atomic E-state index is 0. The van der Waals surface area contributed by atoms with Crippen LogP contribution in [0.25, 0.3) is 0 Å². The predicted molar refractivity (Wildman–Crippen MR) is 22.1 cm³/mol. The van der Waals surface area contributed by atoms with Crippen molar-refractivity contribution in [2.75, 3.05) is 0 Å². The predicted octanol–water partition coefficient (Wildman–Crippen LogP) is -0.00720. The zero-order valence-corrected chi connectivity index (χ0v) is 7.96. The molecule has 0 spiro atoms. The van der Waals surface area contributed by atoms with Gasteiger partial charge in [0.25, 0.3) is 0 Å². The standard InChI is InChI=1S/2Er.3S/q2*+3;3*-2. The van der Waals surface area contributed by atoms with Crippen molar-refractivity contribution in [2.24, 2.45) is 0 Å². The molecule has 0 N–H and O–H groups in total. The Hall–Kier alpha value is 3.54. The molecule has 0 fully saturated rings. The largest absolute Gasteiger partial charge is 3.00 e. The summed E-state index contributed by atoms with van der Waals surface area (Å²) < 4.78 is 0. The maximum absolute atomic E-state index is 0. The molecule has 0 bridgehead atoms. The van der Waals surface area contributed by atoms with Crippen LogP contribution in [0.1, 0.15) is 0 Å². The second kappa shape index (κ2) is 25.7. The molecule has 0 aromatic rings. The van der Waals surface area contributed by atoms with Crippen LogP contribution < -0.4 is 0 Å². The molecular formula is Er2S3. The van der Waals surface area contributed by atoms with Crippen LogP contribution in [0.5, 0.6) is 0 Å². The van der Waals surface area contributed by atoms with Gasteiger partial charge in [-0.25, -0.2) is 0 Å². The minimum atomic E-state index is 0. The zero-order chi connectivity index (χ0) is 0. The van der Waals surface area contributed by atoms with Gasteiger partial charge < -0.3 is 40.5 Å². The van der Waals surface area contributed by atoms with E-state index in [4.69, 9.17) is 0 Å². The molecule has 0 aliphatic heterocycles. The molecule has 0 rings (SSSR count). The molecule has 5 heteroatoms. The Labute approximate surface area is 112 Å². The van der Waals surface area contributed by atoms with Gasteiger partial charge in [0.1, 0.15) is 0 Å². The van der Waals surface area contributed by atoms with E-state index in [0.717, 1.165) is 0 Å². The SMILES string of the molecule is [Er+3].[Er+3].[S-2].[S-2].[S-2]. The first-order chi connectivity index (χ1) is 0. The van der Waals surface area contributed by atoms with E-state index >= 15 is 0 Å². The smallest absolute Gasteiger partial charge is 2.00 e. The Morgan fingerprint density at radius 3 is 0.400 bits per heavy atom. The monoisotopic (exact) mass is 428 g/mol. The average molecular weight is 431 g/mol. The zero-order valence-electron chi connectivity index (χ0n) is 1.80. The fourth-order valence-corrected chi connectivity index (χ4v) is 0. The molecule has 0 atom stereocenters. The summed E-state index contributed by atoms with van der Waals surface area (Å²) in [6.07, 6.45) is 0. The third-order valence-corrected chi connectivity index (χ3v) is 0. The molecule has 0 saturated heterocycles. The minimum Gasteiger partial charge on any atom is -2.00 e. The molecule has 0 nitrogen and oxygen atoms in total. The van der Waals surface area contributed by atoms with E-state index in [1.807, 2.05) is 0 Å². The molecule has 0 aromatic carbocycles. The van der Waals surface area contributed by atoms with Crippen molar-refractivity contribution in [1.29, 1.82) is 0 Å². The van der Waals surface area contributed by atoms with Crippen LogP contribution in [0.4, 0.5) is 0 Å². The Bertz CT molecular complexity index is 4.85. The van der Waals surface area contributed by atoms with Crippen LogP contribution >= 0.6 is 0 Å². The summed E-state index contributed by atoms with van der Waals surface area (Å²) in [5.74, 6) is 0. The van der Waals surface area contributed by atoms with Gasteiger partial charge in [0.2, 0.25) is 0 Å². The molecule has 0 unspecified atom stereocenters. The first kappa shape index (κ1) is 38.7. The summed E-state index contributed by atoms with van der Waals surface area (Å²) in [6.45, 7) is 0. The first-order valence-corrected chi connectivity index (χ1v) is 0. The molecular weight excluding hydrogens is 431 g/mol. The summed E-state index contributed by atoms with van der Waals surface area (Å²) in [5, 5.41) is 0. The summed E-state index contributed by atoms with van der Waals surface area (Å²) in [7, 11) is 0. The topological polar surface area (TPSA) is 0 Å². The summed E-state index contributed by atoms with van der Waals surface area (Å²) in [4.78, 5) is 0. The van der Waals surface area contributed by atoms with Crippen molar-refractivity contribution in [1.82, 2.24) is 0 Å². The molecule has 0 saturated carbocycles. The van der Waals surface area contributed by atoms with Gasteiger partial charge >= 0.3 is 74.6 Å². The van der Waals surface area contributed by atoms with Crippen molar-refractivity contribution in [2.45, 2.75) is 0 Å². The van der Waals surface area contributed by atoms with E-state index in [1.54, 1.807) is 0 Å². The Morgan fingerprint density at radius 1 is 0.400 bits per heavy atom. The van der Waals surface area contributed by atoms with Crippen LogP contribution in [0, 0.1) is 74.6 Å². The fraction of sp³-hybridized carbons (Fsp3) is 0. The van der Waals surface area contributed by atoms with Crippen LogP contribution in [0.15, 0.2) is 0 Å². The van der Waals surface area contributed by atoms with Gasteiger partial charge in [0, 0.05) is 0 Å². The number of hydrogen-bond donors (Lipinski definition) is 0. The van der Waals surface area contributed by atoms with Crippen LogP contribution in [-0.2, 0) is 40.5 Å². The van der Waals surface area contributed by atoms with Crippen molar-refractivity contribution < 1.29 is 74.6 Å². The van der Waals surface area contributed by atoms with E-state index in [9.17, 15) is 0 Å². The van der Waals surface area contributed by atoms with Gasteiger partial charge in [0.05, 0.1) is 0 Å². The van der Waals surface area contributed by atoms with Gasteiger partial charge in [-0.2, -0.15) is 0 Å². The number of rotatable bonds is 0. The second-order valence-corrected chi connectivity index (χ2v) is 0. The van der Waals surface area contributed by atoms with Gasteiger partial charge in [-0.3, -0.25) is 0 Å². The van der Waals surface area contributed by atoms with E-state index in [2.05, 4.69) is 0 Å². The van der Waals surface area contributed by atoms with E-state index in [0.29, 0.717) is 0 Å². The van der Waals surface area contributed by atoms with Gasteiger partial charge in [-0.05, 0) is 0 Å². The molecule has 5 heavy (non-hydrogen) atoms. The van der Waals surface area contributed by atoms with Gasteiger partial charge in [0.15, 0.2) is 0 Å². The Morgan fingerprint density at radius 2 is 0.400 bits per heavy atom. The molecule has 2 radical (unpaired) electrons. The fourth-order valence-electron chi connectivity index (χ4n) is 0. The Balaban J connectivity index is 0. The summed E-state index contributed by atoms with van der Waals surface area (Å²) in [6, 6.07) is 0. The molecule has 0 aliphatic rings. The quantitative estimate of drug-likeness (QED) is 0.507. The van der Waals surface area contributed by atoms with Crippen molar-refractivity contribution >= 4 is 40.5 Å². The van der Waals surface area contributed by atoms with Crippen LogP contribution in [0.2, 0.25) is 0 Å². The number of hydrogen-bond acceptors (Lipinski definition) is 0. The molecule has 0 aliphatic carbocycles. The van der Waals surface area contributed by atoms with E-state index < -0.39 is 0 Å². The second-order valence-electron chi connectivity index (χ2n) is 0. The normalized spacial score (nSPS) is 0. The molecule has 0 heterocycles. The van der Waals surface area contributed by atoms with Gasteiger partial charge in [-0.1, -0.05) is 0 Å². The third-order valence-electron chi connectivity index (χ3n) is 0. The van der Waals surface area contributed by atoms with E-state index in [-0.39, 0.29) is 115 Å². The molecule has 42 valence electrons. The van der Waals surface area contributed by atoms with E-state index in [1.165, 1.54) is 0 Å². The summed E-state index contributed by atoms with van der Waals surface area (Å²) in [5.41, 5.74) is 0.